The molecule has 3 rings (SSSR count). The third kappa shape index (κ3) is 5.17. The Balaban J connectivity index is 0.00000261. The molecule has 2 unspecified atom stereocenters. The van der Waals surface area contributed by atoms with Crippen molar-refractivity contribution in [2.24, 2.45) is 0 Å². The van der Waals surface area contributed by atoms with Crippen LogP contribution >= 0.6 is 35.6 Å². The van der Waals surface area contributed by atoms with Crippen molar-refractivity contribution in [2.75, 3.05) is 6.54 Å². The van der Waals surface area contributed by atoms with Gasteiger partial charge >= 0.3 is 0 Å². The number of piperidine rings is 1. The standard InChI is InChI=1S/C19H24Cl2N4O.ClH/c1-11-8-15(6-7-22-11)23-19(26)10-16-12(2)24-25(13(16)3)18-5-4-14(20)9-17(18)21;/h4-5,9,11,15,22H,6-8,10H2,1-3H3,(H,23,26);1H. The summed E-state index contributed by atoms with van der Waals surface area (Å²) in [5, 5.41) is 12.2. The number of nitrogens with zero attached hydrogens (tertiary/aromatic N) is 2. The number of aromatic nitrogens is 2. The number of aryl methyl sites for hydroxylation is 1. The molecule has 0 radical (unpaired) electrons. The van der Waals surface area contributed by atoms with Gasteiger partial charge in [-0.15, -0.1) is 12.4 Å². The van der Waals surface area contributed by atoms with E-state index in [1.165, 1.54) is 0 Å². The molecule has 8 heteroatoms. The second kappa shape index (κ2) is 9.28. The summed E-state index contributed by atoms with van der Waals surface area (Å²) >= 11 is 12.3. The van der Waals surface area contributed by atoms with Crippen molar-refractivity contribution < 1.29 is 4.79 Å². The molecule has 2 heterocycles. The van der Waals surface area contributed by atoms with Gasteiger partial charge in [0.2, 0.25) is 5.91 Å². The SMILES string of the molecule is Cc1nn(-c2ccc(Cl)cc2Cl)c(C)c1CC(=O)NC1CCNC(C)C1.Cl. The van der Waals surface area contributed by atoms with E-state index in [0.29, 0.717) is 22.5 Å². The highest BCUT2D eigenvalue weighted by Crippen LogP contribution is 2.27. The van der Waals surface area contributed by atoms with E-state index in [4.69, 9.17) is 23.2 Å². The number of amides is 1. The molecule has 5 nitrogen and oxygen atoms in total. The van der Waals surface area contributed by atoms with Crippen LogP contribution in [0.3, 0.4) is 0 Å². The van der Waals surface area contributed by atoms with Gasteiger partial charge in [-0.2, -0.15) is 5.10 Å². The number of nitrogens with one attached hydrogen (secondary N) is 2. The molecule has 0 bridgehead atoms. The molecule has 148 valence electrons. The summed E-state index contributed by atoms with van der Waals surface area (Å²) in [6.07, 6.45) is 2.25. The number of carbonyl (C=O) groups is 1. The first-order valence-electron chi connectivity index (χ1n) is 8.88. The molecule has 27 heavy (non-hydrogen) atoms. The Morgan fingerprint density at radius 3 is 2.78 bits per heavy atom. The Kier molecular flexibility index (Phi) is 7.57. The molecular weight excluding hydrogens is 407 g/mol. The van der Waals surface area contributed by atoms with E-state index in [1.807, 2.05) is 19.9 Å². The topological polar surface area (TPSA) is 59.0 Å². The molecule has 0 saturated carbocycles. The Morgan fingerprint density at radius 1 is 1.37 bits per heavy atom. The van der Waals surface area contributed by atoms with Crippen molar-refractivity contribution in [1.82, 2.24) is 20.4 Å². The van der Waals surface area contributed by atoms with Crippen LogP contribution in [0.15, 0.2) is 18.2 Å². The lowest BCUT2D eigenvalue weighted by molar-refractivity contribution is -0.121. The molecule has 1 aromatic carbocycles. The summed E-state index contributed by atoms with van der Waals surface area (Å²) in [5.74, 6) is 0.0389. The summed E-state index contributed by atoms with van der Waals surface area (Å²) in [5.41, 5.74) is 3.45. The first-order valence-corrected chi connectivity index (χ1v) is 9.64. The Labute approximate surface area is 176 Å². The van der Waals surface area contributed by atoms with E-state index < -0.39 is 0 Å². The quantitative estimate of drug-likeness (QED) is 0.769. The highest BCUT2D eigenvalue weighted by Gasteiger charge is 2.22. The minimum Gasteiger partial charge on any atom is -0.353 e. The minimum absolute atomic E-state index is 0. The summed E-state index contributed by atoms with van der Waals surface area (Å²) < 4.78 is 1.78. The molecule has 1 amide bonds. The van der Waals surface area contributed by atoms with Gasteiger partial charge in [-0.25, -0.2) is 4.68 Å². The molecule has 2 aromatic rings. The average Bonchev–Trinajstić information content (AvgIpc) is 2.83. The number of hydrogen-bond acceptors (Lipinski definition) is 3. The molecule has 1 aliphatic rings. The number of carbonyl (C=O) groups excluding carboxylic acids is 1. The Bertz CT molecular complexity index is 822. The lowest BCUT2D eigenvalue weighted by Gasteiger charge is -2.28. The zero-order valence-corrected chi connectivity index (χ0v) is 18.0. The Morgan fingerprint density at radius 2 is 2.11 bits per heavy atom. The van der Waals surface area contributed by atoms with Crippen LogP contribution in [0, 0.1) is 13.8 Å². The van der Waals surface area contributed by atoms with E-state index in [2.05, 4.69) is 22.7 Å². The first kappa shape index (κ1) is 22.0. The van der Waals surface area contributed by atoms with Crippen LogP contribution in [0.5, 0.6) is 0 Å². The van der Waals surface area contributed by atoms with Gasteiger partial charge in [0.25, 0.3) is 0 Å². The fourth-order valence-corrected chi connectivity index (χ4v) is 4.01. The Hall–Kier alpha value is -1.27. The lowest BCUT2D eigenvalue weighted by Crippen LogP contribution is -2.47. The van der Waals surface area contributed by atoms with Gasteiger partial charge in [0, 0.05) is 28.4 Å². The predicted molar refractivity (Wildman–Crippen MR) is 113 cm³/mol. The van der Waals surface area contributed by atoms with E-state index >= 15 is 0 Å². The zero-order chi connectivity index (χ0) is 18.8. The largest absolute Gasteiger partial charge is 0.353 e. The third-order valence-corrected chi connectivity index (χ3v) is 5.44. The van der Waals surface area contributed by atoms with E-state index in [-0.39, 0.29) is 24.4 Å². The predicted octanol–water partition coefficient (Wildman–Crippen LogP) is 4.02. The maximum atomic E-state index is 12.5. The van der Waals surface area contributed by atoms with Gasteiger partial charge in [0.05, 0.1) is 22.8 Å². The molecule has 1 fully saturated rings. The third-order valence-electron chi connectivity index (χ3n) is 4.91. The molecule has 2 N–H and O–H groups in total. The van der Waals surface area contributed by atoms with Crippen LogP contribution in [0.1, 0.15) is 36.7 Å². The highest BCUT2D eigenvalue weighted by atomic mass is 35.5. The number of benzene rings is 1. The molecule has 1 saturated heterocycles. The van der Waals surface area contributed by atoms with Crippen molar-refractivity contribution in [3.63, 3.8) is 0 Å². The van der Waals surface area contributed by atoms with Crippen LogP contribution in [0.4, 0.5) is 0 Å². The van der Waals surface area contributed by atoms with Crippen LogP contribution in [-0.4, -0.2) is 34.3 Å². The minimum atomic E-state index is 0. The number of hydrogen-bond donors (Lipinski definition) is 2. The lowest BCUT2D eigenvalue weighted by atomic mass is 10.00. The van der Waals surface area contributed by atoms with E-state index in [0.717, 1.165) is 42.0 Å². The van der Waals surface area contributed by atoms with Crippen molar-refractivity contribution in [1.29, 1.82) is 0 Å². The van der Waals surface area contributed by atoms with Gasteiger partial charge in [-0.1, -0.05) is 23.2 Å². The fourth-order valence-electron chi connectivity index (χ4n) is 3.52. The summed E-state index contributed by atoms with van der Waals surface area (Å²) in [6.45, 7) is 6.96. The van der Waals surface area contributed by atoms with Crippen LogP contribution < -0.4 is 10.6 Å². The van der Waals surface area contributed by atoms with Gasteiger partial charge in [0.15, 0.2) is 0 Å². The smallest absolute Gasteiger partial charge is 0.224 e. The summed E-state index contributed by atoms with van der Waals surface area (Å²) in [4.78, 5) is 12.5. The van der Waals surface area contributed by atoms with Gasteiger partial charge < -0.3 is 10.6 Å². The summed E-state index contributed by atoms with van der Waals surface area (Å²) in [7, 11) is 0. The second-order valence-electron chi connectivity index (χ2n) is 6.98. The van der Waals surface area contributed by atoms with E-state index in [1.54, 1.807) is 16.8 Å². The van der Waals surface area contributed by atoms with Gasteiger partial charge in [-0.05, 0) is 58.4 Å². The maximum absolute atomic E-state index is 12.5. The van der Waals surface area contributed by atoms with Gasteiger partial charge in [0.1, 0.15) is 0 Å². The van der Waals surface area contributed by atoms with Crippen LogP contribution in [-0.2, 0) is 11.2 Å². The number of rotatable bonds is 4. The molecule has 2 atom stereocenters. The maximum Gasteiger partial charge on any atom is 0.224 e. The van der Waals surface area contributed by atoms with Crippen molar-refractivity contribution in [3.05, 3.63) is 45.2 Å². The fraction of sp³-hybridized carbons (Fsp3) is 0.474. The van der Waals surface area contributed by atoms with Crippen molar-refractivity contribution >= 4 is 41.5 Å². The molecule has 0 aliphatic carbocycles. The molecule has 0 spiro atoms. The highest BCUT2D eigenvalue weighted by molar-refractivity contribution is 6.35. The van der Waals surface area contributed by atoms with Crippen molar-refractivity contribution in [2.45, 2.75) is 52.1 Å². The molecule has 1 aliphatic heterocycles. The monoisotopic (exact) mass is 430 g/mol. The van der Waals surface area contributed by atoms with Gasteiger partial charge in [-0.3, -0.25) is 4.79 Å². The van der Waals surface area contributed by atoms with Crippen molar-refractivity contribution in [3.8, 4) is 5.69 Å². The second-order valence-corrected chi connectivity index (χ2v) is 7.82. The molecule has 1 aromatic heterocycles. The normalized spacial score (nSPS) is 19.4. The summed E-state index contributed by atoms with van der Waals surface area (Å²) in [6, 6.07) is 5.99. The molecular formula is C19H25Cl3N4O. The van der Waals surface area contributed by atoms with Crippen LogP contribution in [0.25, 0.3) is 5.69 Å². The van der Waals surface area contributed by atoms with Crippen LogP contribution in [0.2, 0.25) is 10.0 Å². The first-order chi connectivity index (χ1) is 12.3. The zero-order valence-electron chi connectivity index (χ0n) is 15.7. The van der Waals surface area contributed by atoms with E-state index in [9.17, 15) is 4.79 Å². The number of halogens is 3. The average molecular weight is 432 g/mol.